The summed E-state index contributed by atoms with van der Waals surface area (Å²) >= 11 is 0. The molecular formula is C20H18F3N3O4. The van der Waals surface area contributed by atoms with Gasteiger partial charge in [0.25, 0.3) is 5.56 Å². The number of carbonyl (C=O) groups excluding carboxylic acids is 1. The van der Waals surface area contributed by atoms with E-state index in [0.717, 1.165) is 4.57 Å². The molecule has 3 rings (SSSR count). The highest BCUT2D eigenvalue weighted by molar-refractivity contribution is 5.80. The molecule has 0 atom stereocenters. The number of fused-ring (bicyclic) bond motifs is 1. The number of ether oxygens (including phenoxy) is 2. The number of nitrogens with one attached hydrogen (secondary N) is 1. The lowest BCUT2D eigenvalue weighted by atomic mass is 10.2. The highest BCUT2D eigenvalue weighted by Crippen LogP contribution is 2.26. The number of alkyl halides is 3. The SMILES string of the molecule is COc1ccc(OC)c(CNC(=O)Cn2c(=O)c(C(F)(F)F)nc3ccccc32)c1. The maximum atomic E-state index is 13.2. The lowest BCUT2D eigenvalue weighted by Gasteiger charge is -2.14. The lowest BCUT2D eigenvalue weighted by molar-refractivity contribution is -0.142. The number of methoxy groups -OCH3 is 2. The van der Waals surface area contributed by atoms with Crippen molar-refractivity contribution in [1.82, 2.24) is 14.9 Å². The molecule has 0 spiro atoms. The van der Waals surface area contributed by atoms with Gasteiger partial charge < -0.3 is 14.8 Å². The summed E-state index contributed by atoms with van der Waals surface area (Å²) in [7, 11) is 2.96. The molecule has 0 aliphatic carbocycles. The number of benzene rings is 2. The predicted molar refractivity (Wildman–Crippen MR) is 102 cm³/mol. The minimum Gasteiger partial charge on any atom is -0.497 e. The van der Waals surface area contributed by atoms with E-state index in [1.165, 1.54) is 32.4 Å². The van der Waals surface area contributed by atoms with Crippen LogP contribution in [0.1, 0.15) is 11.3 Å². The molecule has 0 radical (unpaired) electrons. The summed E-state index contributed by atoms with van der Waals surface area (Å²) in [4.78, 5) is 28.3. The molecule has 0 unspecified atom stereocenters. The summed E-state index contributed by atoms with van der Waals surface area (Å²) in [5, 5.41) is 2.59. The van der Waals surface area contributed by atoms with Crippen LogP contribution in [0, 0.1) is 0 Å². The standard InChI is InChI=1S/C20H18F3N3O4/c1-29-13-7-8-16(30-2)12(9-13)10-24-17(27)11-26-15-6-4-3-5-14(15)25-18(19(26)28)20(21,22)23/h3-9H,10-11H2,1-2H3,(H,24,27). The average Bonchev–Trinajstić information content (AvgIpc) is 2.73. The molecule has 3 aromatic rings. The van der Waals surface area contributed by atoms with E-state index in [0.29, 0.717) is 17.1 Å². The summed E-state index contributed by atoms with van der Waals surface area (Å²) in [6.45, 7) is -0.569. The average molecular weight is 421 g/mol. The molecule has 1 aromatic heterocycles. The first-order valence-electron chi connectivity index (χ1n) is 8.79. The van der Waals surface area contributed by atoms with Crippen LogP contribution < -0.4 is 20.3 Å². The molecule has 2 aromatic carbocycles. The van der Waals surface area contributed by atoms with E-state index < -0.39 is 29.9 Å². The molecule has 0 aliphatic heterocycles. The van der Waals surface area contributed by atoms with E-state index in [1.807, 2.05) is 0 Å². The van der Waals surface area contributed by atoms with Crippen molar-refractivity contribution in [3.8, 4) is 11.5 Å². The van der Waals surface area contributed by atoms with Crippen LogP contribution in [-0.2, 0) is 24.1 Å². The second-order valence-corrected chi connectivity index (χ2v) is 6.29. The van der Waals surface area contributed by atoms with Crippen molar-refractivity contribution in [3.05, 3.63) is 64.1 Å². The van der Waals surface area contributed by atoms with Crippen LogP contribution in [0.15, 0.2) is 47.3 Å². The molecule has 0 saturated carbocycles. The van der Waals surface area contributed by atoms with Gasteiger partial charge in [0.05, 0.1) is 25.3 Å². The van der Waals surface area contributed by atoms with Gasteiger partial charge in [0, 0.05) is 12.1 Å². The summed E-state index contributed by atoms with van der Waals surface area (Å²) in [5.41, 5.74) is -2.25. The third-order valence-corrected chi connectivity index (χ3v) is 4.39. The zero-order valence-electron chi connectivity index (χ0n) is 16.1. The van der Waals surface area contributed by atoms with E-state index >= 15 is 0 Å². The maximum absolute atomic E-state index is 13.2. The molecule has 1 amide bonds. The first-order chi connectivity index (χ1) is 14.2. The van der Waals surface area contributed by atoms with Crippen molar-refractivity contribution in [2.75, 3.05) is 14.2 Å². The normalized spacial score (nSPS) is 11.4. The molecule has 1 heterocycles. The van der Waals surface area contributed by atoms with E-state index in [9.17, 15) is 22.8 Å². The molecule has 0 aliphatic rings. The van der Waals surface area contributed by atoms with Gasteiger partial charge in [-0.15, -0.1) is 0 Å². The van der Waals surface area contributed by atoms with Gasteiger partial charge in [-0.2, -0.15) is 13.2 Å². The van der Waals surface area contributed by atoms with Crippen LogP contribution >= 0.6 is 0 Å². The largest absolute Gasteiger partial charge is 0.497 e. The predicted octanol–water partition coefficient (Wildman–Crippen LogP) is 2.75. The van der Waals surface area contributed by atoms with E-state index in [4.69, 9.17) is 9.47 Å². The van der Waals surface area contributed by atoms with Crippen LogP contribution in [0.25, 0.3) is 11.0 Å². The third-order valence-electron chi connectivity index (χ3n) is 4.39. The number of para-hydroxylation sites is 2. The van der Waals surface area contributed by atoms with Crippen LogP contribution in [0.2, 0.25) is 0 Å². The summed E-state index contributed by atoms with van der Waals surface area (Å²) in [5.74, 6) is 0.402. The molecule has 0 saturated heterocycles. The Morgan fingerprint density at radius 2 is 1.87 bits per heavy atom. The van der Waals surface area contributed by atoms with Crippen molar-refractivity contribution in [1.29, 1.82) is 0 Å². The maximum Gasteiger partial charge on any atom is 0.438 e. The number of hydrogen-bond acceptors (Lipinski definition) is 5. The van der Waals surface area contributed by atoms with Gasteiger partial charge in [0.2, 0.25) is 11.6 Å². The van der Waals surface area contributed by atoms with Crippen molar-refractivity contribution in [3.63, 3.8) is 0 Å². The number of hydrogen-bond donors (Lipinski definition) is 1. The van der Waals surface area contributed by atoms with Crippen molar-refractivity contribution in [2.45, 2.75) is 19.3 Å². The Morgan fingerprint density at radius 3 is 2.53 bits per heavy atom. The van der Waals surface area contributed by atoms with Crippen LogP contribution in [-0.4, -0.2) is 29.7 Å². The molecule has 1 N–H and O–H groups in total. The quantitative estimate of drug-likeness (QED) is 0.662. The molecular weight excluding hydrogens is 403 g/mol. The first-order valence-corrected chi connectivity index (χ1v) is 8.79. The number of aromatic nitrogens is 2. The van der Waals surface area contributed by atoms with Gasteiger partial charge in [-0.1, -0.05) is 12.1 Å². The minimum atomic E-state index is -4.94. The molecule has 0 bridgehead atoms. The van der Waals surface area contributed by atoms with Crippen LogP contribution in [0.5, 0.6) is 11.5 Å². The number of nitrogens with zero attached hydrogens (tertiary/aromatic N) is 2. The minimum absolute atomic E-state index is 0.0309. The smallest absolute Gasteiger partial charge is 0.438 e. The van der Waals surface area contributed by atoms with Gasteiger partial charge in [0.15, 0.2) is 0 Å². The monoisotopic (exact) mass is 421 g/mol. The van der Waals surface area contributed by atoms with Crippen molar-refractivity contribution < 1.29 is 27.4 Å². The van der Waals surface area contributed by atoms with Crippen molar-refractivity contribution in [2.24, 2.45) is 0 Å². The molecule has 10 heteroatoms. The third kappa shape index (κ3) is 4.37. The van der Waals surface area contributed by atoms with Gasteiger partial charge in [-0.25, -0.2) is 4.98 Å². The van der Waals surface area contributed by atoms with Gasteiger partial charge >= 0.3 is 6.18 Å². The summed E-state index contributed by atoms with van der Waals surface area (Å²) in [6, 6.07) is 10.8. The number of rotatable bonds is 6. The molecule has 30 heavy (non-hydrogen) atoms. The second-order valence-electron chi connectivity index (χ2n) is 6.29. The Bertz CT molecular complexity index is 1140. The molecule has 158 valence electrons. The molecule has 7 nitrogen and oxygen atoms in total. The molecule has 0 fully saturated rings. The number of amides is 1. The van der Waals surface area contributed by atoms with Gasteiger partial charge in [-0.3, -0.25) is 14.2 Å². The van der Waals surface area contributed by atoms with E-state index in [1.54, 1.807) is 24.3 Å². The highest BCUT2D eigenvalue weighted by Gasteiger charge is 2.37. The lowest BCUT2D eigenvalue weighted by Crippen LogP contribution is -2.36. The fourth-order valence-electron chi connectivity index (χ4n) is 2.95. The Morgan fingerprint density at radius 1 is 1.13 bits per heavy atom. The first kappa shape index (κ1) is 21.2. The topological polar surface area (TPSA) is 82.5 Å². The summed E-state index contributed by atoms with van der Waals surface area (Å²) < 4.78 is 50.8. The van der Waals surface area contributed by atoms with Crippen molar-refractivity contribution >= 4 is 16.9 Å². The zero-order chi connectivity index (χ0) is 21.9. The Balaban J connectivity index is 1.89. The zero-order valence-corrected chi connectivity index (χ0v) is 16.1. The number of halogens is 3. The Labute approximate surface area is 169 Å². The van der Waals surface area contributed by atoms with E-state index in [-0.39, 0.29) is 17.6 Å². The Hall–Kier alpha value is -3.56. The van der Waals surface area contributed by atoms with Gasteiger partial charge in [0.1, 0.15) is 18.0 Å². The van der Waals surface area contributed by atoms with Crippen LogP contribution in [0.4, 0.5) is 13.2 Å². The fourth-order valence-corrected chi connectivity index (χ4v) is 2.95. The Kier molecular flexibility index (Phi) is 5.95. The van der Waals surface area contributed by atoms with Gasteiger partial charge in [-0.05, 0) is 30.3 Å². The number of carbonyl (C=O) groups is 1. The fraction of sp³-hybridized carbons (Fsp3) is 0.250. The summed E-state index contributed by atoms with van der Waals surface area (Å²) in [6.07, 6.45) is -4.94. The second kappa shape index (κ2) is 8.44. The van der Waals surface area contributed by atoms with Crippen LogP contribution in [0.3, 0.4) is 0 Å². The highest BCUT2D eigenvalue weighted by atomic mass is 19.4. The van der Waals surface area contributed by atoms with E-state index in [2.05, 4.69) is 10.3 Å².